The molecule has 0 heterocycles. The topological polar surface area (TPSA) is 239 Å². The van der Waals surface area contributed by atoms with Gasteiger partial charge in [0, 0.05) is 4.31 Å². The second-order valence-corrected chi connectivity index (χ2v) is 39.2. The number of rotatable bonds is 46. The van der Waals surface area contributed by atoms with Crippen molar-refractivity contribution in [3.8, 4) is 0 Å². The minimum Gasteiger partial charge on any atom is -0.480 e. The Morgan fingerprint density at radius 1 is 0.513 bits per heavy atom. The number of hydrogen-bond acceptors (Lipinski definition) is 20. The summed E-state index contributed by atoms with van der Waals surface area (Å²) in [6.45, 7) is 28.3. The van der Waals surface area contributed by atoms with Crippen LogP contribution in [0, 0.1) is 5.41 Å². The van der Waals surface area contributed by atoms with Gasteiger partial charge in [-0.2, -0.15) is 12.6 Å². The fourth-order valence-electron chi connectivity index (χ4n) is 9.04. The molecule has 0 bridgehead atoms. The summed E-state index contributed by atoms with van der Waals surface area (Å²) in [5.41, 5.74) is -0.129. The Kier molecular flexibility index (Phi) is 105. The van der Waals surface area contributed by atoms with Crippen LogP contribution in [0.2, 0.25) is 0 Å². The van der Waals surface area contributed by atoms with E-state index in [4.69, 9.17) is 89.5 Å². The number of azo groups is 1. The van der Waals surface area contributed by atoms with E-state index < -0.39 is 71.7 Å². The number of amides is 2. The first-order chi connectivity index (χ1) is 53.1. The van der Waals surface area contributed by atoms with E-state index in [0.29, 0.717) is 6.61 Å². The molecule has 3 rings (SSSR count). The van der Waals surface area contributed by atoms with E-state index >= 15 is 0 Å². The van der Waals surface area contributed by atoms with Gasteiger partial charge in [-0.15, -0.1) is 11.8 Å². The number of carboxylic acids is 1. The van der Waals surface area contributed by atoms with Crippen molar-refractivity contribution in [2.75, 3.05) is 44.5 Å². The third kappa shape index (κ3) is 90.6. The molecule has 115 heavy (non-hydrogen) atoms. The summed E-state index contributed by atoms with van der Waals surface area (Å²) in [5.74, 6) is 1.22. The van der Waals surface area contributed by atoms with Crippen molar-refractivity contribution < 1.29 is 63.7 Å². The van der Waals surface area contributed by atoms with Crippen molar-refractivity contribution in [3.05, 3.63) is 103 Å². The molecule has 0 atom stereocenters. The Morgan fingerprint density at radius 3 is 1.04 bits per heavy atom. The first-order valence-corrected chi connectivity index (χ1v) is 47.1. The second kappa shape index (κ2) is 92.2. The Morgan fingerprint density at radius 2 is 0.791 bits per heavy atom. The molecule has 3 aromatic rings. The lowest BCUT2D eigenvalue weighted by molar-refractivity contribution is -0.145. The minimum atomic E-state index is -1.11. The number of carboxylic acid groups (broad SMARTS) is 1. The molecule has 0 aromatic heterocycles. The van der Waals surface area contributed by atoms with Crippen LogP contribution in [-0.4, -0.2) is 138 Å². The van der Waals surface area contributed by atoms with E-state index in [-0.39, 0.29) is 46.2 Å². The summed E-state index contributed by atoms with van der Waals surface area (Å²) in [4.78, 5) is 53.9. The number of thiocarbonyl (C=S) groups is 4. The van der Waals surface area contributed by atoms with Crippen LogP contribution in [-0.2, 0) is 28.6 Å². The predicted molar refractivity (Wildman–Crippen MR) is 526 cm³/mol. The quantitative estimate of drug-likeness (QED) is 0.00355. The van der Waals surface area contributed by atoms with E-state index in [0.717, 1.165) is 37.6 Å². The predicted octanol–water partition coefficient (Wildman–Crippen LogP) is 27.6. The molecule has 0 aliphatic heterocycles. The molecule has 0 saturated heterocycles. The highest BCUT2D eigenvalue weighted by molar-refractivity contribution is 8.47. The zero-order chi connectivity index (χ0) is 86.3. The summed E-state index contributed by atoms with van der Waals surface area (Å²) in [5, 5.41) is 53.3. The average molecular weight is 1840 g/mol. The number of Topliss-reactive ketones (excluding diaryl/α,β-unsaturated/α-hetero) is 1. The lowest BCUT2D eigenvalue weighted by Gasteiger charge is -2.23. The number of aliphatic hydroxyl groups is 4. The first kappa shape index (κ1) is 131. The van der Waals surface area contributed by atoms with Gasteiger partial charge in [-0.3, -0.25) is 9.59 Å². The number of halogens is 3. The molecule has 3 aromatic carbocycles. The van der Waals surface area contributed by atoms with Crippen LogP contribution in [0.15, 0.2) is 113 Å². The summed E-state index contributed by atoms with van der Waals surface area (Å²) < 4.78 is 15.5. The average Bonchev–Trinajstić information content (AvgIpc) is 0.817. The number of aliphatic carboxylic acids is 1. The highest BCUT2D eigenvalue weighted by atomic mass is 35.6. The molecule has 0 fully saturated rings. The van der Waals surface area contributed by atoms with Crippen LogP contribution in [0.1, 0.15) is 312 Å². The van der Waals surface area contributed by atoms with E-state index in [1.165, 1.54) is 233 Å². The fraction of sp³-hybridized carbons (Fsp3) is 0.682. The zero-order valence-electron chi connectivity index (χ0n) is 70.0. The third-order valence-electron chi connectivity index (χ3n) is 15.3. The normalized spacial score (nSPS) is 10.4. The molecule has 0 aliphatic carbocycles. The number of esters is 1. The van der Waals surface area contributed by atoms with Crippen LogP contribution < -0.4 is 15.9 Å². The maximum absolute atomic E-state index is 11.9. The summed E-state index contributed by atoms with van der Waals surface area (Å²) >= 11 is 41.5. The van der Waals surface area contributed by atoms with Gasteiger partial charge < -0.3 is 44.5 Å². The Balaban J connectivity index is -0.000000165. The number of ketones is 1. The number of thiol groups is 1. The Bertz CT molecular complexity index is 2680. The monoisotopic (exact) mass is 1840 g/mol. The largest absolute Gasteiger partial charge is 0.480 e. The fourth-order valence-corrected chi connectivity index (χ4v) is 16.2. The maximum atomic E-state index is 11.9. The molecule has 0 spiro atoms. The van der Waals surface area contributed by atoms with E-state index in [9.17, 15) is 24.0 Å². The Labute approximate surface area is 755 Å². The van der Waals surface area contributed by atoms with Gasteiger partial charge in [-0.25, -0.2) is 9.59 Å². The van der Waals surface area contributed by atoms with Gasteiger partial charge in [0.05, 0.1) is 54.9 Å². The number of benzene rings is 3. The SMILES string of the molecule is C.C.C.C=C(CCCCCCCCCCC)C(=S)SC(C)(C)C(=O)OCC.CC(C)=O.CC(C)OC(=O)N=NC(=O)OC(C)C.CCCCCCCCCCCCS.CCCCCCCCCCCCSC(=S)SC(C)(C)C(=O)O.ClC(Cl)Cl.OCC(CO)(CO)CO.S=C=S.c1ccc(P(c2ccccc2)c2ccccc2)cc1. The molecular weight excluding hydrogens is 1690 g/mol. The van der Waals surface area contributed by atoms with Gasteiger partial charge in [0.2, 0.25) is 0 Å². The third-order valence-corrected chi connectivity index (χ3v) is 22.6. The van der Waals surface area contributed by atoms with Crippen LogP contribution >= 0.6 is 140 Å². The van der Waals surface area contributed by atoms with Gasteiger partial charge in [0.25, 0.3) is 0 Å². The lowest BCUT2D eigenvalue weighted by atomic mass is 9.93. The van der Waals surface area contributed by atoms with Crippen LogP contribution in [0.4, 0.5) is 9.59 Å². The number of thioether (sulfide) groups is 3. The van der Waals surface area contributed by atoms with Crippen LogP contribution in [0.5, 0.6) is 0 Å². The highest BCUT2D eigenvalue weighted by Crippen LogP contribution is 2.34. The number of unbranched alkanes of at least 4 members (excludes halogenated alkanes) is 26. The number of carbonyl (C=O) groups is 5. The number of ether oxygens (including phenoxy) is 3. The smallest absolute Gasteiger partial charge is 0.452 e. The molecule has 668 valence electrons. The molecule has 27 heteroatoms. The van der Waals surface area contributed by atoms with E-state index in [1.807, 2.05) is 25.1 Å². The second-order valence-electron chi connectivity index (χ2n) is 27.7. The molecule has 0 unspecified atom stereocenters. The van der Waals surface area contributed by atoms with Crippen LogP contribution in [0.25, 0.3) is 0 Å². The molecule has 5 N–H and O–H groups in total. The number of aliphatic hydroxyl groups excluding tert-OH is 4. The van der Waals surface area contributed by atoms with Gasteiger partial charge in [-0.05, 0) is 167 Å². The molecular formula is C88H154Cl3N2O13PS8. The number of hydrogen-bond donors (Lipinski definition) is 6. The van der Waals surface area contributed by atoms with E-state index in [1.54, 1.807) is 53.3 Å². The minimum absolute atomic E-state index is 0. The zero-order valence-corrected chi connectivity index (χ0v) is 79.8. The molecule has 0 aliphatic rings. The van der Waals surface area contributed by atoms with Crippen LogP contribution in [0.3, 0.4) is 0 Å². The Hall–Kier alpha value is -2.51. The van der Waals surface area contributed by atoms with Crippen molar-refractivity contribution in [1.82, 2.24) is 0 Å². The standard InChI is InChI=1S/C20H36O2S2.C18H15P.C17H32O2S3.C12H26S.C8H14N2O4.C5H12O4.C3H6O.CHCl3.CS2.3CH4/c1-6-8-9-10-11-12-13-14-15-16-17(3)18(23)24-20(4,5)19(21)22-7-2;1-4-10-16(11-5-1)19(17-12-6-2-7-13-17)18-14-8-3-9-15-18;1-4-5-6-7-8-9-10-11-12-13-14-21-16(20)22-17(2,3)15(18)19;1-2-3-4-5-6-7-8-9-10-11-12-13;1-5(2)13-7(11)9-10-8(12)14-6(3)4;6-1-5(2-7,3-8)4-9;1-3(2)4;2-1(3)4;2-1-3;;;/h3,6-16H2,1-2,4-5H3;1-15H;4-14H2,1-3H3,(H,18,19);13H,2-12H2,1H3;5-6H,1-4H3;6-9H,1-4H2;1-2H3;1H;;3*1H4. The summed E-state index contributed by atoms with van der Waals surface area (Å²) in [7, 11) is -0.446. The van der Waals surface area contributed by atoms with Crippen molar-refractivity contribution in [3.63, 3.8) is 0 Å². The summed E-state index contributed by atoms with van der Waals surface area (Å²) in [6, 6.07) is 32.3. The molecule has 2 amide bonds. The summed E-state index contributed by atoms with van der Waals surface area (Å²) in [6.07, 6.45) is 37.9. The molecule has 0 radical (unpaired) electrons. The first-order valence-electron chi connectivity index (χ1n) is 39.5. The maximum Gasteiger partial charge on any atom is 0.452 e. The van der Waals surface area contributed by atoms with Crippen molar-refractivity contribution in [1.29, 1.82) is 0 Å². The van der Waals surface area contributed by atoms with Gasteiger partial charge in [-0.1, -0.05) is 401 Å². The van der Waals surface area contributed by atoms with Gasteiger partial charge >= 0.3 is 24.1 Å². The van der Waals surface area contributed by atoms with Crippen molar-refractivity contribution in [2.24, 2.45) is 15.6 Å². The van der Waals surface area contributed by atoms with Gasteiger partial charge in [0.15, 0.2) is 4.30 Å². The number of alkyl halides is 3. The van der Waals surface area contributed by atoms with E-state index in [2.05, 4.69) is 175 Å². The lowest BCUT2D eigenvalue weighted by Crippen LogP contribution is -2.37. The molecule has 0 saturated carbocycles. The highest BCUT2D eigenvalue weighted by Gasteiger charge is 2.32. The number of carbonyl (C=O) groups excluding carboxylic acids is 4. The van der Waals surface area contributed by atoms with Crippen molar-refractivity contribution in [2.45, 2.75) is 338 Å². The molecule has 15 nitrogen and oxygen atoms in total. The number of nitrogens with zero attached hydrogens (tertiary/aromatic N) is 2. The van der Waals surface area contributed by atoms with Crippen molar-refractivity contribution >= 4 is 197 Å². The van der Waals surface area contributed by atoms with Gasteiger partial charge in [0.1, 0.15) is 18.8 Å².